The number of para-hydroxylation sites is 1. The van der Waals surface area contributed by atoms with E-state index >= 15 is 0 Å². The van der Waals surface area contributed by atoms with Crippen LogP contribution in [0.1, 0.15) is 11.1 Å². The number of ether oxygens (including phenoxy) is 1. The average molecular weight is 642 g/mol. The number of rotatable bonds is 7. The molecule has 1 atom stereocenters. The lowest BCUT2D eigenvalue weighted by atomic mass is 10.0. The van der Waals surface area contributed by atoms with E-state index in [1.807, 2.05) is 93.7 Å². The molecule has 0 saturated heterocycles. The topological polar surface area (TPSA) is 87.7 Å². The summed E-state index contributed by atoms with van der Waals surface area (Å²) in [6, 6.07) is 21.1. The molecule has 0 unspecified atom stereocenters. The van der Waals surface area contributed by atoms with Gasteiger partial charge in [0.1, 0.15) is 18.4 Å². The van der Waals surface area contributed by atoms with Crippen LogP contribution in [0.4, 0.5) is 10.5 Å². The number of benzene rings is 3. The van der Waals surface area contributed by atoms with Gasteiger partial charge in [0.15, 0.2) is 0 Å². The molecular weight excluding hydrogens is 622 g/mol. The van der Waals surface area contributed by atoms with Gasteiger partial charge in [-0.25, -0.2) is 4.79 Å². The van der Waals surface area contributed by atoms with Crippen molar-refractivity contribution in [3.8, 4) is 5.75 Å². The van der Waals surface area contributed by atoms with Crippen molar-refractivity contribution in [3.63, 3.8) is 0 Å². The molecule has 6 nitrogen and oxygen atoms in total. The Morgan fingerprint density at radius 2 is 1.48 bits per heavy atom. The number of carbonyl (C=O) groups is 2. The van der Waals surface area contributed by atoms with Crippen LogP contribution in [-0.4, -0.2) is 23.1 Å². The predicted molar refractivity (Wildman–Crippen MR) is 136 cm³/mol. The summed E-state index contributed by atoms with van der Waals surface area (Å²) in [4.78, 5) is 25.3. The van der Waals surface area contributed by atoms with Gasteiger partial charge in [-0.3, -0.25) is 4.79 Å². The van der Waals surface area contributed by atoms with Crippen molar-refractivity contribution < 1.29 is 19.4 Å². The SMILES string of the molecule is O=C(N[C@@H](Cc1cc(I)c(O)c(I)c1)C(=O)Nc1ccccc1)OCc1ccccc1. The fourth-order valence-electron chi connectivity index (χ4n) is 2.84. The molecule has 0 fully saturated rings. The van der Waals surface area contributed by atoms with Gasteiger partial charge in [-0.15, -0.1) is 0 Å². The van der Waals surface area contributed by atoms with Crippen LogP contribution in [-0.2, 0) is 22.6 Å². The number of hydrogen-bond donors (Lipinski definition) is 3. The molecule has 8 heteroatoms. The molecule has 0 aromatic heterocycles. The summed E-state index contributed by atoms with van der Waals surface area (Å²) in [7, 11) is 0. The van der Waals surface area contributed by atoms with Crippen molar-refractivity contribution in [2.75, 3.05) is 5.32 Å². The van der Waals surface area contributed by atoms with Gasteiger partial charge in [-0.1, -0.05) is 48.5 Å². The summed E-state index contributed by atoms with van der Waals surface area (Å²) in [6.45, 7) is 0.106. The monoisotopic (exact) mass is 642 g/mol. The zero-order chi connectivity index (χ0) is 22.2. The predicted octanol–water partition coefficient (Wildman–Crippen LogP) is 5.08. The molecule has 31 heavy (non-hydrogen) atoms. The first kappa shape index (κ1) is 23.3. The second kappa shape index (κ2) is 11.3. The number of anilines is 1. The highest BCUT2D eigenvalue weighted by molar-refractivity contribution is 14.1. The lowest BCUT2D eigenvalue weighted by Gasteiger charge is -2.19. The van der Waals surface area contributed by atoms with Gasteiger partial charge in [-0.2, -0.15) is 0 Å². The Morgan fingerprint density at radius 1 is 0.903 bits per heavy atom. The second-order valence-corrected chi connectivity index (χ2v) is 9.05. The number of aromatic hydroxyl groups is 1. The molecule has 3 aromatic carbocycles. The number of carbonyl (C=O) groups excluding carboxylic acids is 2. The minimum atomic E-state index is -0.861. The molecule has 0 heterocycles. The fraction of sp³-hybridized carbons (Fsp3) is 0.130. The number of phenolic OH excluding ortho intramolecular Hbond substituents is 1. The van der Waals surface area contributed by atoms with Crippen LogP contribution < -0.4 is 10.6 Å². The van der Waals surface area contributed by atoms with Crippen LogP contribution in [0, 0.1) is 7.14 Å². The highest BCUT2D eigenvalue weighted by Gasteiger charge is 2.23. The van der Waals surface area contributed by atoms with Crippen LogP contribution in [0.25, 0.3) is 0 Å². The van der Waals surface area contributed by atoms with E-state index < -0.39 is 12.1 Å². The van der Waals surface area contributed by atoms with Gasteiger partial charge in [0.25, 0.3) is 0 Å². The van der Waals surface area contributed by atoms with Crippen LogP contribution >= 0.6 is 45.2 Å². The van der Waals surface area contributed by atoms with Gasteiger partial charge in [-0.05, 0) is 80.6 Å². The Labute approximate surface area is 207 Å². The summed E-state index contributed by atoms with van der Waals surface area (Å²) >= 11 is 4.07. The number of amides is 2. The summed E-state index contributed by atoms with van der Waals surface area (Å²) in [6.07, 6.45) is -0.439. The van der Waals surface area contributed by atoms with Crippen LogP contribution in [0.2, 0.25) is 0 Å². The van der Waals surface area contributed by atoms with Crippen molar-refractivity contribution in [2.45, 2.75) is 19.1 Å². The first-order chi connectivity index (χ1) is 14.9. The molecule has 2 amide bonds. The van der Waals surface area contributed by atoms with Gasteiger partial charge in [0, 0.05) is 12.1 Å². The number of halogens is 2. The van der Waals surface area contributed by atoms with Crippen molar-refractivity contribution in [1.82, 2.24) is 5.32 Å². The van der Waals surface area contributed by atoms with Crippen molar-refractivity contribution in [2.24, 2.45) is 0 Å². The minimum Gasteiger partial charge on any atom is -0.506 e. The lowest BCUT2D eigenvalue weighted by Crippen LogP contribution is -2.45. The van der Waals surface area contributed by atoms with Crippen LogP contribution in [0.3, 0.4) is 0 Å². The summed E-state index contributed by atoms with van der Waals surface area (Å²) in [5, 5.41) is 15.5. The molecule has 3 N–H and O–H groups in total. The third kappa shape index (κ3) is 7.10. The molecule has 0 aliphatic heterocycles. The van der Waals surface area contributed by atoms with E-state index in [9.17, 15) is 14.7 Å². The molecule has 0 saturated carbocycles. The molecule has 0 aliphatic rings. The molecule has 160 valence electrons. The van der Waals surface area contributed by atoms with E-state index in [4.69, 9.17) is 4.74 Å². The Hall–Kier alpha value is -2.34. The van der Waals surface area contributed by atoms with Gasteiger partial charge in [0.2, 0.25) is 5.91 Å². The van der Waals surface area contributed by atoms with Crippen molar-refractivity contribution >= 4 is 62.9 Å². The molecular formula is C23H20I2N2O4. The quantitative estimate of drug-likeness (QED) is 0.314. The maximum Gasteiger partial charge on any atom is 0.408 e. The minimum absolute atomic E-state index is 0.106. The lowest BCUT2D eigenvalue weighted by molar-refractivity contribution is -0.118. The molecule has 3 aromatic rings. The first-order valence-electron chi connectivity index (χ1n) is 9.42. The smallest absolute Gasteiger partial charge is 0.408 e. The van der Waals surface area contributed by atoms with Crippen molar-refractivity contribution in [1.29, 1.82) is 0 Å². The zero-order valence-electron chi connectivity index (χ0n) is 16.3. The summed E-state index contributed by atoms with van der Waals surface area (Å²) < 4.78 is 6.64. The van der Waals surface area contributed by atoms with Gasteiger partial charge >= 0.3 is 6.09 Å². The Balaban J connectivity index is 1.73. The number of nitrogens with one attached hydrogen (secondary N) is 2. The first-order valence-corrected chi connectivity index (χ1v) is 11.6. The highest BCUT2D eigenvalue weighted by Crippen LogP contribution is 2.28. The number of phenols is 1. The number of hydrogen-bond acceptors (Lipinski definition) is 4. The second-order valence-electron chi connectivity index (χ2n) is 6.73. The van der Waals surface area contributed by atoms with E-state index in [-0.39, 0.29) is 24.7 Å². The third-order valence-electron chi connectivity index (χ3n) is 4.38. The number of alkyl carbamates (subject to hydrolysis) is 1. The van der Waals surface area contributed by atoms with Crippen LogP contribution in [0.5, 0.6) is 5.75 Å². The molecule has 0 spiro atoms. The standard InChI is InChI=1S/C23H20I2N2O4/c24-18-11-16(12-19(25)21(18)28)13-20(22(29)26-17-9-5-2-6-10-17)27-23(30)31-14-15-7-3-1-4-8-15/h1-12,20,28H,13-14H2,(H,26,29)(H,27,30)/t20-/m0/s1. The van der Waals surface area contributed by atoms with E-state index in [1.54, 1.807) is 24.3 Å². The molecule has 0 bridgehead atoms. The van der Waals surface area contributed by atoms with E-state index in [2.05, 4.69) is 10.6 Å². The highest BCUT2D eigenvalue weighted by atomic mass is 127. The van der Waals surface area contributed by atoms with Crippen molar-refractivity contribution in [3.05, 3.63) is 91.1 Å². The largest absolute Gasteiger partial charge is 0.506 e. The maximum absolute atomic E-state index is 12.9. The normalized spacial score (nSPS) is 11.4. The maximum atomic E-state index is 12.9. The average Bonchev–Trinajstić information content (AvgIpc) is 2.77. The van der Waals surface area contributed by atoms with E-state index in [1.165, 1.54) is 0 Å². The third-order valence-corrected chi connectivity index (χ3v) is 6.02. The summed E-state index contributed by atoms with van der Waals surface area (Å²) in [5.41, 5.74) is 2.29. The molecule has 0 aliphatic carbocycles. The van der Waals surface area contributed by atoms with E-state index in [0.29, 0.717) is 12.8 Å². The Morgan fingerprint density at radius 3 is 2.10 bits per heavy atom. The van der Waals surface area contributed by atoms with Gasteiger partial charge < -0.3 is 20.5 Å². The molecule has 3 rings (SSSR count). The van der Waals surface area contributed by atoms with Gasteiger partial charge in [0.05, 0.1) is 7.14 Å². The fourth-order valence-corrected chi connectivity index (χ4v) is 4.74. The summed E-state index contributed by atoms with van der Waals surface area (Å²) in [5.74, 6) is -0.161. The Bertz CT molecular complexity index is 1020. The Kier molecular flexibility index (Phi) is 8.52. The molecule has 0 radical (unpaired) electrons. The van der Waals surface area contributed by atoms with Crippen LogP contribution in [0.15, 0.2) is 72.8 Å². The van der Waals surface area contributed by atoms with E-state index in [0.717, 1.165) is 11.1 Å². The zero-order valence-corrected chi connectivity index (χ0v) is 20.7.